The van der Waals surface area contributed by atoms with Gasteiger partial charge in [0.15, 0.2) is 6.33 Å². The van der Waals surface area contributed by atoms with Gasteiger partial charge in [-0.3, -0.25) is 14.3 Å². The third kappa shape index (κ3) is 6.99. The van der Waals surface area contributed by atoms with Crippen LogP contribution < -0.4 is 102 Å². The van der Waals surface area contributed by atoms with Gasteiger partial charge >= 0.3 is 64.8 Å². The molecule has 0 radical (unpaired) electrons. The normalized spacial score (nSPS) is 22.0. The molecule has 1 aliphatic heterocycles. The second-order valence-electron chi connectivity index (χ2n) is 7.05. The molecular formula is C17H19BrN5Na2O8P. The van der Waals surface area contributed by atoms with Crippen LogP contribution in [0.25, 0.3) is 11.2 Å². The van der Waals surface area contributed by atoms with Crippen LogP contribution in [0.1, 0.15) is 11.8 Å². The second-order valence-corrected chi connectivity index (χ2v) is 8.20. The first-order valence-electron chi connectivity index (χ1n) is 9.16. The van der Waals surface area contributed by atoms with Crippen molar-refractivity contribution in [3.63, 3.8) is 0 Å². The number of halogens is 1. The summed E-state index contributed by atoms with van der Waals surface area (Å²) in [6, 6.07) is 9.24. The van der Waals surface area contributed by atoms with Gasteiger partial charge in [-0.2, -0.15) is 0 Å². The van der Waals surface area contributed by atoms with E-state index in [1.807, 2.05) is 30.3 Å². The Bertz CT molecular complexity index is 1210. The fourth-order valence-corrected chi connectivity index (χ4v) is 3.85. The number of H-pyrrole nitrogens is 1. The Hall–Kier alpha value is -0.160. The van der Waals surface area contributed by atoms with Gasteiger partial charge in [0, 0.05) is 0 Å². The number of benzene rings is 1. The van der Waals surface area contributed by atoms with Crippen molar-refractivity contribution in [2.75, 3.05) is 12.3 Å². The number of aromatic nitrogens is 4. The van der Waals surface area contributed by atoms with Crippen molar-refractivity contribution in [3.05, 3.63) is 52.6 Å². The number of aliphatic hydroxyl groups excluding tert-OH is 2. The molecule has 174 valence electrons. The maximum Gasteiger partial charge on any atom is 1.00 e. The van der Waals surface area contributed by atoms with Gasteiger partial charge < -0.3 is 56.5 Å². The smallest absolute Gasteiger partial charge is 1.00 e. The van der Waals surface area contributed by atoms with Gasteiger partial charge in [-0.05, 0) is 5.56 Å². The van der Waals surface area contributed by atoms with E-state index in [1.165, 1.54) is 10.9 Å². The number of fused-ring (bicyclic) bond motifs is 1. The molecule has 3 aromatic rings. The van der Waals surface area contributed by atoms with Crippen molar-refractivity contribution in [2.45, 2.75) is 31.1 Å². The van der Waals surface area contributed by atoms with E-state index in [1.54, 1.807) is 4.57 Å². The van der Waals surface area contributed by atoms with E-state index in [0.717, 1.165) is 5.56 Å². The molecule has 2 aromatic heterocycles. The van der Waals surface area contributed by atoms with Gasteiger partial charge in [0.25, 0.3) is 11.5 Å². The summed E-state index contributed by atoms with van der Waals surface area (Å²) in [4.78, 5) is 40.6. The number of nitrogens with two attached hydrogens (primary N) is 1. The van der Waals surface area contributed by atoms with Crippen LogP contribution in [0.15, 0.2) is 41.5 Å². The van der Waals surface area contributed by atoms with E-state index in [-0.39, 0.29) is 99.8 Å². The first-order chi connectivity index (χ1) is 14.6. The zero-order chi connectivity index (χ0) is 22.3. The number of aromatic amines is 1. The van der Waals surface area contributed by atoms with Crippen molar-refractivity contribution in [1.29, 1.82) is 0 Å². The summed E-state index contributed by atoms with van der Waals surface area (Å²) in [6.07, 6.45) is -4.19. The third-order valence-electron chi connectivity index (χ3n) is 4.89. The second kappa shape index (κ2) is 12.9. The molecule has 1 aromatic carbocycles. The average molecular weight is 578 g/mol. The molecule has 0 amide bonds. The Kier molecular flexibility index (Phi) is 12.1. The largest absolute Gasteiger partial charge is 1.00 e. The number of phosphoric acid groups is 1. The van der Waals surface area contributed by atoms with Crippen LogP contribution in [0.2, 0.25) is 0 Å². The van der Waals surface area contributed by atoms with Crippen LogP contribution in [0.3, 0.4) is 0 Å². The van der Waals surface area contributed by atoms with Gasteiger partial charge in [0.1, 0.15) is 18.3 Å². The number of anilines is 1. The zero-order valence-corrected chi connectivity index (χ0v) is 24.8. The maximum atomic E-state index is 12.6. The van der Waals surface area contributed by atoms with E-state index in [9.17, 15) is 29.4 Å². The summed E-state index contributed by atoms with van der Waals surface area (Å²) in [5, 5.41) is 20.7. The Labute approximate surface area is 247 Å². The van der Waals surface area contributed by atoms with Crippen LogP contribution in [-0.4, -0.2) is 49.7 Å². The van der Waals surface area contributed by atoms with E-state index in [0.29, 0.717) is 0 Å². The van der Waals surface area contributed by atoms with E-state index >= 15 is 0 Å². The van der Waals surface area contributed by atoms with Crippen LogP contribution in [0, 0.1) is 0 Å². The minimum absolute atomic E-state index is 0. The number of rotatable bonds is 6. The molecule has 1 saturated heterocycles. The molecule has 0 unspecified atom stereocenters. The minimum atomic E-state index is -5.30. The van der Waals surface area contributed by atoms with E-state index in [4.69, 9.17) is 10.5 Å². The number of nitrogen functional groups attached to an aromatic ring is 1. The summed E-state index contributed by atoms with van der Waals surface area (Å²) in [5.74, 6) is -0.171. The van der Waals surface area contributed by atoms with E-state index < -0.39 is 44.5 Å². The van der Waals surface area contributed by atoms with Crippen LogP contribution in [-0.2, 0) is 20.4 Å². The zero-order valence-electron chi connectivity index (χ0n) is 18.3. The number of nitrogens with zero attached hydrogens (tertiary/aromatic N) is 3. The number of ether oxygens (including phenoxy) is 1. The quantitative estimate of drug-likeness (QED) is 0.124. The number of nitrogens with one attached hydrogen (secondary N) is 1. The van der Waals surface area contributed by atoms with Crippen molar-refractivity contribution in [1.82, 2.24) is 14.5 Å². The third-order valence-corrected chi connectivity index (χ3v) is 5.36. The molecule has 1 fully saturated rings. The molecule has 13 nitrogen and oxygen atoms in total. The van der Waals surface area contributed by atoms with Crippen molar-refractivity contribution < 1.29 is 114 Å². The van der Waals surface area contributed by atoms with Crippen molar-refractivity contribution in [2.24, 2.45) is 0 Å². The molecular weight excluding hydrogens is 559 g/mol. The summed E-state index contributed by atoms with van der Waals surface area (Å²) in [7, 11) is -5.30. The topological polar surface area (TPSA) is 203 Å². The Morgan fingerprint density at radius 3 is 2.50 bits per heavy atom. The van der Waals surface area contributed by atoms with Gasteiger partial charge in [-0.1, -0.05) is 35.3 Å². The molecule has 5 N–H and O–H groups in total. The summed E-state index contributed by atoms with van der Waals surface area (Å²) in [5.41, 5.74) is 6.25. The summed E-state index contributed by atoms with van der Waals surface area (Å²) in [6.45, 7) is -0.495. The van der Waals surface area contributed by atoms with Crippen LogP contribution in [0.4, 0.5) is 5.95 Å². The molecule has 0 spiro atoms. The summed E-state index contributed by atoms with van der Waals surface area (Å²) >= 11 is 0. The molecule has 1 aliphatic rings. The first kappa shape index (κ1) is 31.9. The molecule has 4 rings (SSSR count). The predicted molar refractivity (Wildman–Crippen MR) is 100.0 cm³/mol. The number of hydrogen-bond donors (Lipinski definition) is 4. The van der Waals surface area contributed by atoms with Crippen molar-refractivity contribution in [3.8, 4) is 0 Å². The average Bonchev–Trinajstić information content (AvgIpc) is 3.18. The van der Waals surface area contributed by atoms with E-state index in [2.05, 4.69) is 14.5 Å². The Balaban J connectivity index is 0.00000193. The predicted octanol–water partition coefficient (Wildman–Crippen LogP) is -11.9. The number of imidazole rings is 1. The Morgan fingerprint density at radius 2 is 1.88 bits per heavy atom. The molecule has 3 heterocycles. The van der Waals surface area contributed by atoms with Gasteiger partial charge in [0.2, 0.25) is 11.7 Å². The van der Waals surface area contributed by atoms with Crippen LogP contribution in [0.5, 0.6) is 0 Å². The van der Waals surface area contributed by atoms with Gasteiger partial charge in [-0.25, -0.2) is 4.57 Å². The molecule has 0 bridgehead atoms. The molecule has 17 heteroatoms. The molecule has 0 saturated carbocycles. The fourth-order valence-electron chi connectivity index (χ4n) is 3.52. The monoisotopic (exact) mass is 577 g/mol. The molecule has 34 heavy (non-hydrogen) atoms. The molecule has 4 atom stereocenters. The standard InChI is InChI=1S/C17H20N5O8P.BrH.2Na/c18-17-19-14-11(15(25)20-17)21(6-9-4-2-1-3-5-9)8-22(14)16-13(24)12(23)10(30-16)7-29-31(26,27)28;;;/h1-5,8,10,12-13,16,23-24H,6-7H2,(H4-,18,19,20,25,26,27,28);1H;;/q;;2*+1/p-2/t10-,12-,13-,16-;;;/m1.../s1. The first-order valence-corrected chi connectivity index (χ1v) is 10.6. The van der Waals surface area contributed by atoms with Gasteiger partial charge in [0.05, 0.1) is 21.0 Å². The number of aliphatic hydroxyl groups is 2. The molecule has 0 aliphatic carbocycles. The number of phosphoric ester groups is 1. The van der Waals surface area contributed by atoms with Gasteiger partial charge in [-0.15, -0.1) is 0 Å². The SMILES string of the molecule is Nc1nc2c(c(=O)[nH]1)n(Cc1ccccc1)c[n+]2[C@@H]1O[C@H](COP(=O)([O-])[O-])[C@@H](O)[C@H]1O.[Br-].[Na+].[Na+]. The fraction of sp³-hybridized carbons (Fsp3) is 0.353. The van der Waals surface area contributed by atoms with Crippen molar-refractivity contribution >= 4 is 24.9 Å². The number of hydrogen-bond acceptors (Lipinski definition) is 10. The Morgan fingerprint density at radius 1 is 1.24 bits per heavy atom. The maximum absolute atomic E-state index is 12.6. The summed E-state index contributed by atoms with van der Waals surface area (Å²) < 4.78 is 23.3. The van der Waals surface area contributed by atoms with Crippen LogP contribution >= 0.6 is 7.82 Å². The minimum Gasteiger partial charge on any atom is -1.00 e.